The fourth-order valence-corrected chi connectivity index (χ4v) is 4.12. The van der Waals surface area contributed by atoms with E-state index in [2.05, 4.69) is 9.71 Å². The quantitative estimate of drug-likeness (QED) is 0.329. The molecule has 0 radical (unpaired) electrons. The highest BCUT2D eigenvalue weighted by atomic mass is 32.2. The number of aromatic nitrogens is 1. The van der Waals surface area contributed by atoms with Crippen LogP contribution < -0.4 is 4.72 Å². The van der Waals surface area contributed by atoms with Crippen molar-refractivity contribution < 1.29 is 22.9 Å². The second kappa shape index (κ2) is 8.41. The van der Waals surface area contributed by atoms with Gasteiger partial charge in [0.15, 0.2) is 0 Å². The minimum absolute atomic E-state index is 0.0784. The average molecular weight is 417 g/mol. The summed E-state index contributed by atoms with van der Waals surface area (Å²) in [6.45, 7) is 1.73. The third-order valence-electron chi connectivity index (χ3n) is 4.33. The lowest BCUT2D eigenvalue weighted by atomic mass is 10.1. The number of nitrogens with one attached hydrogen (secondary N) is 2. The lowest BCUT2D eigenvalue weighted by molar-refractivity contribution is -0.384. The number of carbonyl (C=O) groups is 1. The second-order valence-corrected chi connectivity index (χ2v) is 7.95. The second-order valence-electron chi connectivity index (χ2n) is 6.24. The number of benzene rings is 2. The van der Waals surface area contributed by atoms with Gasteiger partial charge in [-0.15, -0.1) is 0 Å². The monoisotopic (exact) mass is 417 g/mol. The van der Waals surface area contributed by atoms with Gasteiger partial charge in [-0.1, -0.05) is 18.2 Å². The van der Waals surface area contributed by atoms with Crippen LogP contribution in [0.2, 0.25) is 0 Å². The Balaban J connectivity index is 1.88. The Labute approximate surface area is 166 Å². The largest absolute Gasteiger partial charge is 0.465 e. The predicted octanol–water partition coefficient (Wildman–Crippen LogP) is 2.53. The van der Waals surface area contributed by atoms with E-state index in [1.54, 1.807) is 13.1 Å². The standard InChI is InChI=1S/C19H19N3O6S/c1-2-28-19(23)18(11-13-12-20-17-6-4-3-5-16(13)17)21-29(26,27)15-9-7-14(8-10-15)22(24)25/h3-10,12,18,20-21H,2,11H2,1H3/t18-/m1/s1. The molecule has 3 aromatic rings. The van der Waals surface area contributed by atoms with Crippen molar-refractivity contribution in [2.24, 2.45) is 0 Å². The predicted molar refractivity (Wildman–Crippen MR) is 106 cm³/mol. The number of para-hydroxylation sites is 1. The molecule has 0 saturated heterocycles. The van der Waals surface area contributed by atoms with Crippen LogP contribution in [0.5, 0.6) is 0 Å². The molecule has 10 heteroatoms. The minimum Gasteiger partial charge on any atom is -0.465 e. The number of carbonyl (C=O) groups excluding carboxylic acids is 1. The van der Waals surface area contributed by atoms with E-state index in [4.69, 9.17) is 4.74 Å². The summed E-state index contributed by atoms with van der Waals surface area (Å²) in [7, 11) is -4.11. The number of ether oxygens (including phenoxy) is 1. The van der Waals surface area contributed by atoms with E-state index in [9.17, 15) is 23.3 Å². The maximum absolute atomic E-state index is 12.7. The molecule has 1 atom stereocenters. The zero-order chi connectivity index (χ0) is 21.0. The molecule has 0 unspecified atom stereocenters. The smallest absolute Gasteiger partial charge is 0.324 e. The number of hydrogen-bond donors (Lipinski definition) is 2. The van der Waals surface area contributed by atoms with Gasteiger partial charge in [0.1, 0.15) is 6.04 Å². The number of aromatic amines is 1. The van der Waals surface area contributed by atoms with Gasteiger partial charge in [0, 0.05) is 35.7 Å². The fraction of sp³-hybridized carbons (Fsp3) is 0.211. The Morgan fingerprint density at radius 2 is 1.90 bits per heavy atom. The first kappa shape index (κ1) is 20.5. The number of sulfonamides is 1. The van der Waals surface area contributed by atoms with Crippen LogP contribution in [-0.2, 0) is 26.0 Å². The number of nitro benzene ring substituents is 1. The van der Waals surface area contributed by atoms with Gasteiger partial charge < -0.3 is 9.72 Å². The van der Waals surface area contributed by atoms with E-state index in [0.717, 1.165) is 40.7 Å². The fourth-order valence-electron chi connectivity index (χ4n) is 2.94. The highest BCUT2D eigenvalue weighted by Crippen LogP contribution is 2.21. The molecule has 9 nitrogen and oxygen atoms in total. The lowest BCUT2D eigenvalue weighted by Crippen LogP contribution is -2.43. The van der Waals surface area contributed by atoms with Crippen LogP contribution in [0.25, 0.3) is 10.9 Å². The number of nitro groups is 1. The van der Waals surface area contributed by atoms with Gasteiger partial charge >= 0.3 is 5.97 Å². The van der Waals surface area contributed by atoms with Crippen LogP contribution in [0, 0.1) is 10.1 Å². The zero-order valence-electron chi connectivity index (χ0n) is 15.5. The van der Waals surface area contributed by atoms with Gasteiger partial charge in [0.2, 0.25) is 10.0 Å². The van der Waals surface area contributed by atoms with Crippen LogP contribution in [0.4, 0.5) is 5.69 Å². The van der Waals surface area contributed by atoms with Crippen LogP contribution in [-0.4, -0.2) is 36.9 Å². The maximum Gasteiger partial charge on any atom is 0.324 e. The number of H-pyrrole nitrogens is 1. The van der Waals surface area contributed by atoms with Crippen molar-refractivity contribution in [1.29, 1.82) is 0 Å². The molecule has 3 rings (SSSR count). The summed E-state index contributed by atoms with van der Waals surface area (Å²) < 4.78 is 32.8. The average Bonchev–Trinajstić information content (AvgIpc) is 3.10. The lowest BCUT2D eigenvalue weighted by Gasteiger charge is -2.17. The summed E-state index contributed by atoms with van der Waals surface area (Å²) in [5.74, 6) is -0.705. The van der Waals surface area contributed by atoms with Crippen molar-refractivity contribution in [3.8, 4) is 0 Å². The van der Waals surface area contributed by atoms with E-state index < -0.39 is 27.0 Å². The Morgan fingerprint density at radius 1 is 1.21 bits per heavy atom. The summed E-state index contributed by atoms with van der Waals surface area (Å²) in [5, 5.41) is 11.6. The topological polar surface area (TPSA) is 131 Å². The first-order valence-electron chi connectivity index (χ1n) is 8.80. The van der Waals surface area contributed by atoms with Gasteiger partial charge in [-0.05, 0) is 30.7 Å². The highest BCUT2D eigenvalue weighted by Gasteiger charge is 2.28. The summed E-state index contributed by atoms with van der Waals surface area (Å²) >= 11 is 0. The number of esters is 1. The van der Waals surface area contributed by atoms with E-state index in [0.29, 0.717) is 0 Å². The SMILES string of the molecule is CCOC(=O)[C@@H](Cc1c[nH]c2ccccc12)NS(=O)(=O)c1ccc([N+](=O)[O-])cc1. The number of fused-ring (bicyclic) bond motifs is 1. The summed E-state index contributed by atoms with van der Waals surface area (Å²) in [5.41, 5.74) is 1.39. The van der Waals surface area contributed by atoms with Gasteiger partial charge in [-0.3, -0.25) is 14.9 Å². The van der Waals surface area contributed by atoms with Gasteiger partial charge in [0.25, 0.3) is 5.69 Å². The Hall–Kier alpha value is -3.24. The number of non-ortho nitro benzene ring substituents is 1. The van der Waals surface area contributed by atoms with Crippen molar-refractivity contribution in [3.05, 3.63) is 70.4 Å². The van der Waals surface area contributed by atoms with Crippen LogP contribution in [0.1, 0.15) is 12.5 Å². The normalized spacial score (nSPS) is 12.6. The molecule has 0 saturated carbocycles. The van der Waals surface area contributed by atoms with Gasteiger partial charge in [0.05, 0.1) is 16.4 Å². The number of rotatable bonds is 8. The minimum atomic E-state index is -4.11. The molecule has 152 valence electrons. The molecule has 0 amide bonds. The van der Waals surface area contributed by atoms with Crippen molar-refractivity contribution in [2.75, 3.05) is 6.61 Å². The zero-order valence-corrected chi connectivity index (χ0v) is 16.3. The molecule has 0 aliphatic carbocycles. The highest BCUT2D eigenvalue weighted by molar-refractivity contribution is 7.89. The van der Waals surface area contributed by atoms with Gasteiger partial charge in [-0.25, -0.2) is 8.42 Å². The first-order valence-corrected chi connectivity index (χ1v) is 10.3. The molecule has 0 spiro atoms. The van der Waals surface area contributed by atoms with Crippen LogP contribution in [0.3, 0.4) is 0 Å². The van der Waals surface area contributed by atoms with Crippen LogP contribution >= 0.6 is 0 Å². The van der Waals surface area contributed by atoms with Crippen molar-refractivity contribution in [1.82, 2.24) is 9.71 Å². The van der Waals surface area contributed by atoms with E-state index in [1.165, 1.54) is 0 Å². The summed E-state index contributed by atoms with van der Waals surface area (Å²) in [4.78, 5) is 25.4. The van der Waals surface area contributed by atoms with Crippen molar-refractivity contribution >= 4 is 32.6 Å². The maximum atomic E-state index is 12.7. The molecule has 0 aliphatic rings. The molecule has 2 aromatic carbocycles. The molecule has 0 bridgehead atoms. The Kier molecular flexibility index (Phi) is 5.95. The molecule has 0 fully saturated rings. The molecule has 29 heavy (non-hydrogen) atoms. The molecular formula is C19H19N3O6S. The Bertz CT molecular complexity index is 1140. The van der Waals surface area contributed by atoms with Crippen molar-refractivity contribution in [3.63, 3.8) is 0 Å². The molecule has 2 N–H and O–H groups in total. The molecular weight excluding hydrogens is 398 g/mol. The molecule has 1 heterocycles. The third-order valence-corrected chi connectivity index (χ3v) is 5.81. The summed E-state index contributed by atoms with van der Waals surface area (Å²) in [6.07, 6.45) is 1.80. The van der Waals surface area contributed by atoms with Crippen LogP contribution in [0.15, 0.2) is 59.6 Å². The van der Waals surface area contributed by atoms with E-state index in [-0.39, 0.29) is 23.6 Å². The Morgan fingerprint density at radius 3 is 2.55 bits per heavy atom. The van der Waals surface area contributed by atoms with E-state index in [1.807, 2.05) is 24.3 Å². The number of nitrogens with zero attached hydrogens (tertiary/aromatic N) is 1. The molecule has 0 aliphatic heterocycles. The first-order chi connectivity index (χ1) is 13.8. The van der Waals surface area contributed by atoms with Gasteiger partial charge in [-0.2, -0.15) is 4.72 Å². The van der Waals surface area contributed by atoms with Crippen molar-refractivity contribution in [2.45, 2.75) is 24.3 Å². The van der Waals surface area contributed by atoms with E-state index >= 15 is 0 Å². The summed E-state index contributed by atoms with van der Waals surface area (Å²) in [6, 6.07) is 10.7. The number of hydrogen-bond acceptors (Lipinski definition) is 6. The third kappa shape index (κ3) is 4.61. The molecule has 1 aromatic heterocycles.